The lowest BCUT2D eigenvalue weighted by molar-refractivity contribution is -0.125. The normalized spacial score (nSPS) is 13.5. The molecule has 326 valence electrons. The molecule has 2 aliphatic rings. The van der Waals surface area contributed by atoms with Crippen molar-refractivity contribution in [3.05, 3.63) is 159 Å². The van der Waals surface area contributed by atoms with Gasteiger partial charge in [0.05, 0.1) is 13.3 Å². The number of para-hydroxylation sites is 2. The standard InChI is InChI=1S/C25H24N6O2.C24H22N6O2/c1-3-21(32)29-13-14-30(16-29)25-28-22(23-24(26)27-11-12-31(23)25)18-9-10-20(17(2)15-18)33-19-7-5-4-6-8-19;1-2-20(31)28-14-15-29(16-28)24-27-21(22-23(25)26-12-13-30(22)24)17-8-10-19(11-9-17)32-18-6-4-3-5-7-18/h3-12,15H,1,13-14,16H2,2H3,(H2,26,27);2-13H,1,14-16H2,(H2,25,26). The number of nitrogens with zero attached hydrogens (tertiary/aromatic N) is 10. The van der Waals surface area contributed by atoms with Gasteiger partial charge in [0, 0.05) is 62.1 Å². The minimum atomic E-state index is -0.0937. The van der Waals surface area contributed by atoms with Gasteiger partial charge in [0.15, 0.2) is 0 Å². The molecule has 2 fully saturated rings. The second kappa shape index (κ2) is 18.0. The summed E-state index contributed by atoms with van der Waals surface area (Å²) in [6.07, 6.45) is 9.65. The number of hydrogen-bond donors (Lipinski definition) is 2. The fraction of sp³-hybridized carbons (Fsp3) is 0.143. The van der Waals surface area contributed by atoms with Gasteiger partial charge in [-0.2, -0.15) is 0 Å². The summed E-state index contributed by atoms with van der Waals surface area (Å²) in [6, 6.07) is 33.0. The van der Waals surface area contributed by atoms with Gasteiger partial charge in [0.2, 0.25) is 23.7 Å². The Balaban J connectivity index is 0.000000164. The van der Waals surface area contributed by atoms with Crippen LogP contribution in [0.15, 0.2) is 153 Å². The van der Waals surface area contributed by atoms with Crippen molar-refractivity contribution in [1.29, 1.82) is 0 Å². The molecule has 16 heteroatoms. The fourth-order valence-corrected chi connectivity index (χ4v) is 7.90. The van der Waals surface area contributed by atoms with Gasteiger partial charge in [0.25, 0.3) is 0 Å². The predicted molar refractivity (Wildman–Crippen MR) is 252 cm³/mol. The maximum Gasteiger partial charge on any atom is 0.247 e. The van der Waals surface area contributed by atoms with Gasteiger partial charge in [-0.1, -0.05) is 49.6 Å². The lowest BCUT2D eigenvalue weighted by Gasteiger charge is -2.17. The Morgan fingerprint density at radius 3 is 1.55 bits per heavy atom. The van der Waals surface area contributed by atoms with Crippen molar-refractivity contribution < 1.29 is 19.1 Å². The minimum absolute atomic E-state index is 0.0932. The van der Waals surface area contributed by atoms with E-state index >= 15 is 0 Å². The Morgan fingerprint density at radius 1 is 0.600 bits per heavy atom. The summed E-state index contributed by atoms with van der Waals surface area (Å²) in [6.45, 7) is 12.6. The van der Waals surface area contributed by atoms with E-state index in [4.69, 9.17) is 30.9 Å². The summed E-state index contributed by atoms with van der Waals surface area (Å²) in [4.78, 5) is 50.0. The van der Waals surface area contributed by atoms with Gasteiger partial charge in [-0.25, -0.2) is 19.9 Å². The number of amides is 2. The summed E-state index contributed by atoms with van der Waals surface area (Å²) in [7, 11) is 0. The third-order valence-electron chi connectivity index (χ3n) is 11.2. The van der Waals surface area contributed by atoms with Gasteiger partial charge < -0.3 is 40.5 Å². The summed E-state index contributed by atoms with van der Waals surface area (Å²) >= 11 is 0. The summed E-state index contributed by atoms with van der Waals surface area (Å²) in [5.74, 6) is 5.10. The molecule has 8 aromatic rings. The van der Waals surface area contributed by atoms with Crippen molar-refractivity contribution in [3.8, 4) is 45.5 Å². The van der Waals surface area contributed by atoms with E-state index in [1.54, 1.807) is 22.2 Å². The zero-order valence-electron chi connectivity index (χ0n) is 35.7. The van der Waals surface area contributed by atoms with Gasteiger partial charge in [0.1, 0.15) is 57.1 Å². The average Bonchev–Trinajstić information content (AvgIpc) is 4.17. The topological polar surface area (TPSA) is 178 Å². The van der Waals surface area contributed by atoms with Gasteiger partial charge in [-0.15, -0.1) is 0 Å². The first-order chi connectivity index (χ1) is 31.7. The number of aryl methyl sites for hydroxylation is 1. The van der Waals surface area contributed by atoms with Crippen LogP contribution < -0.4 is 30.7 Å². The van der Waals surface area contributed by atoms with Crippen LogP contribution in [0.3, 0.4) is 0 Å². The molecule has 6 heterocycles. The first kappa shape index (κ1) is 41.7. The number of nitrogen functional groups attached to an aromatic ring is 2. The molecule has 0 saturated carbocycles. The zero-order chi connectivity index (χ0) is 45.0. The third kappa shape index (κ3) is 8.47. The number of carbonyl (C=O) groups is 2. The fourth-order valence-electron chi connectivity index (χ4n) is 7.90. The van der Waals surface area contributed by atoms with Gasteiger partial charge in [-0.3, -0.25) is 18.4 Å². The highest BCUT2D eigenvalue weighted by Gasteiger charge is 2.29. The molecule has 4 aromatic carbocycles. The molecule has 0 spiro atoms. The van der Waals surface area contributed by atoms with Crippen molar-refractivity contribution >= 4 is 46.4 Å². The maximum atomic E-state index is 12.0. The Kier molecular flexibility index (Phi) is 11.5. The number of carbonyl (C=O) groups excluding carboxylic acids is 2. The second-order valence-electron chi connectivity index (χ2n) is 15.3. The summed E-state index contributed by atoms with van der Waals surface area (Å²) < 4.78 is 15.8. The summed E-state index contributed by atoms with van der Waals surface area (Å²) in [5.41, 5.74) is 18.2. The van der Waals surface area contributed by atoms with Crippen LogP contribution >= 0.6 is 0 Å². The first-order valence-corrected chi connectivity index (χ1v) is 20.9. The predicted octanol–water partition coefficient (Wildman–Crippen LogP) is 7.43. The Hall–Kier alpha value is -8.66. The zero-order valence-corrected chi connectivity index (χ0v) is 35.7. The van der Waals surface area contributed by atoms with E-state index in [0.29, 0.717) is 57.1 Å². The Morgan fingerprint density at radius 2 is 1.06 bits per heavy atom. The molecule has 0 bridgehead atoms. The largest absolute Gasteiger partial charge is 0.457 e. The van der Waals surface area contributed by atoms with E-state index in [2.05, 4.69) is 28.0 Å². The molecule has 65 heavy (non-hydrogen) atoms. The molecular weight excluding hydrogens is 821 g/mol. The Labute approximate surface area is 374 Å². The number of benzene rings is 4. The van der Waals surface area contributed by atoms with Crippen LogP contribution in [-0.4, -0.2) is 89.9 Å². The quantitative estimate of drug-likeness (QED) is 0.130. The van der Waals surface area contributed by atoms with E-state index in [0.717, 1.165) is 68.1 Å². The van der Waals surface area contributed by atoms with Crippen molar-refractivity contribution in [1.82, 2.24) is 38.5 Å². The molecule has 0 unspecified atom stereocenters. The van der Waals surface area contributed by atoms with E-state index in [1.165, 1.54) is 12.2 Å². The van der Waals surface area contributed by atoms with E-state index in [-0.39, 0.29) is 11.8 Å². The van der Waals surface area contributed by atoms with Crippen molar-refractivity contribution in [2.75, 3.05) is 60.8 Å². The number of anilines is 4. The number of fused-ring (bicyclic) bond motifs is 2. The lowest BCUT2D eigenvalue weighted by Crippen LogP contribution is -2.30. The number of hydrogen-bond acceptors (Lipinski definition) is 12. The van der Waals surface area contributed by atoms with Crippen molar-refractivity contribution in [2.24, 2.45) is 0 Å². The van der Waals surface area contributed by atoms with Crippen LogP contribution in [0.1, 0.15) is 5.56 Å². The number of ether oxygens (including phenoxy) is 2. The lowest BCUT2D eigenvalue weighted by atomic mass is 10.1. The molecule has 4 N–H and O–H groups in total. The van der Waals surface area contributed by atoms with Gasteiger partial charge >= 0.3 is 0 Å². The summed E-state index contributed by atoms with van der Waals surface area (Å²) in [5, 5.41) is 0. The minimum Gasteiger partial charge on any atom is -0.457 e. The Bertz CT molecular complexity index is 3040. The average molecular weight is 867 g/mol. The van der Waals surface area contributed by atoms with Crippen LogP contribution in [-0.2, 0) is 9.59 Å². The number of nitrogens with two attached hydrogens (primary N) is 2. The second-order valence-corrected chi connectivity index (χ2v) is 15.3. The molecule has 2 saturated heterocycles. The van der Waals surface area contributed by atoms with Gasteiger partial charge in [-0.05, 0) is 91.4 Å². The van der Waals surface area contributed by atoms with Crippen LogP contribution in [0.5, 0.6) is 23.0 Å². The highest BCUT2D eigenvalue weighted by Crippen LogP contribution is 2.36. The van der Waals surface area contributed by atoms with Crippen LogP contribution in [0.2, 0.25) is 0 Å². The molecule has 4 aromatic heterocycles. The molecule has 0 aliphatic carbocycles. The number of aromatic nitrogens is 6. The molecule has 0 atom stereocenters. The highest BCUT2D eigenvalue weighted by molar-refractivity contribution is 5.90. The number of imidazole rings is 2. The van der Waals surface area contributed by atoms with E-state index in [1.807, 2.05) is 136 Å². The van der Waals surface area contributed by atoms with Crippen LogP contribution in [0.25, 0.3) is 33.5 Å². The smallest absolute Gasteiger partial charge is 0.247 e. The molecule has 0 radical (unpaired) electrons. The van der Waals surface area contributed by atoms with Crippen LogP contribution in [0, 0.1) is 6.92 Å². The van der Waals surface area contributed by atoms with Crippen molar-refractivity contribution in [2.45, 2.75) is 6.92 Å². The maximum absolute atomic E-state index is 12.0. The third-order valence-corrected chi connectivity index (χ3v) is 11.2. The molecule has 2 amide bonds. The molecule has 2 aliphatic heterocycles. The van der Waals surface area contributed by atoms with Crippen LogP contribution in [0.4, 0.5) is 23.5 Å². The van der Waals surface area contributed by atoms with E-state index in [9.17, 15) is 9.59 Å². The SMILES string of the molecule is C=CC(=O)N1CCN(c2nc(-c3ccc(Oc4ccccc4)c(C)c3)c3c(N)nccn23)C1.C=CC(=O)N1CCN(c2nc(-c3ccc(Oc4ccccc4)cc3)c3c(N)nccn23)C1. The monoisotopic (exact) mass is 866 g/mol. The molecular formula is C49H46N12O4. The highest BCUT2D eigenvalue weighted by atomic mass is 16.5. The van der Waals surface area contributed by atoms with Crippen molar-refractivity contribution in [3.63, 3.8) is 0 Å². The molecule has 10 rings (SSSR count). The number of rotatable bonds is 10. The molecule has 16 nitrogen and oxygen atoms in total. The van der Waals surface area contributed by atoms with E-state index < -0.39 is 0 Å². The first-order valence-electron chi connectivity index (χ1n) is 20.9.